The highest BCUT2D eigenvalue weighted by Crippen LogP contribution is 2.17. The van der Waals surface area contributed by atoms with Crippen molar-refractivity contribution < 1.29 is 13.2 Å². The number of amides is 1. The maximum Gasteiger partial charge on any atom is 0.238 e. The highest BCUT2D eigenvalue weighted by atomic mass is 32.2. The fraction of sp³-hybridized carbons (Fsp3) is 0.533. The first-order valence-electron chi connectivity index (χ1n) is 7.18. The van der Waals surface area contributed by atoms with Gasteiger partial charge in [0.15, 0.2) is 0 Å². The smallest absolute Gasteiger partial charge is 0.238 e. The molecule has 3 N–H and O–H groups in total. The first-order chi connectivity index (χ1) is 9.75. The van der Waals surface area contributed by atoms with E-state index in [0.29, 0.717) is 0 Å². The number of nitrogens with two attached hydrogens (primary N) is 1. The van der Waals surface area contributed by atoms with Crippen LogP contribution in [0.3, 0.4) is 0 Å². The van der Waals surface area contributed by atoms with Crippen LogP contribution in [0.5, 0.6) is 0 Å². The maximum absolute atomic E-state index is 12.0. The van der Waals surface area contributed by atoms with Crippen molar-refractivity contribution in [3.8, 4) is 0 Å². The number of rotatable bonds is 7. The molecule has 0 aromatic heterocycles. The zero-order valence-electron chi connectivity index (χ0n) is 12.8. The van der Waals surface area contributed by atoms with Crippen LogP contribution in [0.1, 0.15) is 51.6 Å². The third kappa shape index (κ3) is 5.47. The summed E-state index contributed by atoms with van der Waals surface area (Å²) in [6.07, 6.45) is 2.98. The summed E-state index contributed by atoms with van der Waals surface area (Å²) in [6.45, 7) is 5.89. The Balaban J connectivity index is 2.67. The monoisotopic (exact) mass is 312 g/mol. The van der Waals surface area contributed by atoms with Crippen LogP contribution in [0.2, 0.25) is 0 Å². The van der Waals surface area contributed by atoms with Crippen LogP contribution in [0.4, 0.5) is 0 Å². The van der Waals surface area contributed by atoms with Crippen LogP contribution in [0.15, 0.2) is 29.2 Å². The van der Waals surface area contributed by atoms with E-state index >= 15 is 0 Å². The van der Waals surface area contributed by atoms with Gasteiger partial charge in [-0.3, -0.25) is 4.79 Å². The first kappa shape index (κ1) is 17.7. The Bertz CT molecular complexity index is 567. The minimum Gasteiger partial charge on any atom is -0.349 e. The molecule has 1 amide bonds. The zero-order chi connectivity index (χ0) is 16.0. The van der Waals surface area contributed by atoms with Gasteiger partial charge in [0.25, 0.3) is 0 Å². The topological polar surface area (TPSA) is 89.3 Å². The summed E-state index contributed by atoms with van der Waals surface area (Å²) in [5.74, 6) is 0.00238. The van der Waals surface area contributed by atoms with Gasteiger partial charge in [0, 0.05) is 5.92 Å². The standard InChI is InChI=1S/C15H24N2O3S/c1-4-5-6-11(2)15(18)17-12(3)13-7-9-14(10-8-13)21(16,19)20/h7-12H,4-6H2,1-3H3,(H,17,18)(H2,16,19,20)/t11-,12+/m1/s1. The molecule has 0 fully saturated rings. The van der Waals surface area contributed by atoms with Crippen LogP contribution < -0.4 is 10.5 Å². The highest BCUT2D eigenvalue weighted by Gasteiger charge is 2.16. The number of carbonyl (C=O) groups is 1. The molecule has 1 aromatic carbocycles. The number of hydrogen-bond acceptors (Lipinski definition) is 3. The summed E-state index contributed by atoms with van der Waals surface area (Å²) in [5.41, 5.74) is 0.846. The van der Waals surface area contributed by atoms with E-state index < -0.39 is 10.0 Å². The van der Waals surface area contributed by atoms with Crippen LogP contribution in [0.25, 0.3) is 0 Å². The summed E-state index contributed by atoms with van der Waals surface area (Å²) in [5, 5.41) is 8.00. The van der Waals surface area contributed by atoms with Crippen molar-refractivity contribution in [2.45, 2.75) is 51.0 Å². The van der Waals surface area contributed by atoms with Gasteiger partial charge in [-0.05, 0) is 31.0 Å². The largest absolute Gasteiger partial charge is 0.349 e. The second-order valence-electron chi connectivity index (χ2n) is 5.39. The third-order valence-corrected chi connectivity index (χ3v) is 4.43. The first-order valence-corrected chi connectivity index (χ1v) is 8.73. The lowest BCUT2D eigenvalue weighted by atomic mass is 10.0. The number of unbranched alkanes of at least 4 members (excludes halogenated alkanes) is 1. The number of hydrogen-bond donors (Lipinski definition) is 2. The predicted octanol–water partition coefficient (Wildman–Crippen LogP) is 2.34. The Morgan fingerprint density at radius 2 is 1.81 bits per heavy atom. The highest BCUT2D eigenvalue weighted by molar-refractivity contribution is 7.89. The van der Waals surface area contributed by atoms with Crippen molar-refractivity contribution in [1.82, 2.24) is 5.32 Å². The molecule has 0 heterocycles. The molecular weight excluding hydrogens is 288 g/mol. The van der Waals surface area contributed by atoms with Crippen molar-refractivity contribution >= 4 is 15.9 Å². The summed E-state index contributed by atoms with van der Waals surface area (Å²) in [7, 11) is -3.68. The molecule has 6 heteroatoms. The molecule has 0 radical (unpaired) electrons. The van der Waals surface area contributed by atoms with Gasteiger partial charge in [0.05, 0.1) is 10.9 Å². The van der Waals surface area contributed by atoms with Crippen molar-refractivity contribution in [3.05, 3.63) is 29.8 Å². The van der Waals surface area contributed by atoms with Gasteiger partial charge in [-0.1, -0.05) is 38.8 Å². The molecule has 1 aromatic rings. The summed E-state index contributed by atoms with van der Waals surface area (Å²) < 4.78 is 22.4. The molecule has 0 aliphatic heterocycles. The van der Waals surface area contributed by atoms with Gasteiger partial charge < -0.3 is 5.32 Å². The lowest BCUT2D eigenvalue weighted by Gasteiger charge is -2.18. The summed E-state index contributed by atoms with van der Waals surface area (Å²) in [6, 6.07) is 6.07. The number of benzene rings is 1. The SMILES string of the molecule is CCCC[C@@H](C)C(=O)N[C@@H](C)c1ccc(S(N)(=O)=O)cc1. The quantitative estimate of drug-likeness (QED) is 0.809. The molecular formula is C15H24N2O3S. The molecule has 5 nitrogen and oxygen atoms in total. The zero-order valence-corrected chi connectivity index (χ0v) is 13.6. The molecule has 0 aliphatic carbocycles. The van der Waals surface area contributed by atoms with E-state index in [2.05, 4.69) is 12.2 Å². The molecule has 0 bridgehead atoms. The molecule has 0 saturated carbocycles. The van der Waals surface area contributed by atoms with E-state index in [1.165, 1.54) is 12.1 Å². The number of nitrogens with one attached hydrogen (secondary N) is 1. The molecule has 0 saturated heterocycles. The molecule has 2 atom stereocenters. The minimum atomic E-state index is -3.68. The summed E-state index contributed by atoms with van der Waals surface area (Å²) >= 11 is 0. The number of primary sulfonamides is 1. The molecule has 21 heavy (non-hydrogen) atoms. The van der Waals surface area contributed by atoms with Gasteiger partial charge in [0.1, 0.15) is 0 Å². The third-order valence-electron chi connectivity index (χ3n) is 3.51. The van der Waals surface area contributed by atoms with Crippen LogP contribution in [0, 0.1) is 5.92 Å². The van der Waals surface area contributed by atoms with Crippen molar-refractivity contribution in [1.29, 1.82) is 0 Å². The fourth-order valence-corrected chi connectivity index (χ4v) is 2.54. The lowest BCUT2D eigenvalue weighted by molar-refractivity contribution is -0.125. The minimum absolute atomic E-state index is 0.0175. The van der Waals surface area contributed by atoms with Gasteiger partial charge in [-0.25, -0.2) is 13.6 Å². The Morgan fingerprint density at radius 3 is 2.29 bits per heavy atom. The fourth-order valence-electron chi connectivity index (χ4n) is 2.03. The molecule has 0 unspecified atom stereocenters. The second-order valence-corrected chi connectivity index (χ2v) is 6.95. The predicted molar refractivity (Wildman–Crippen MR) is 83.1 cm³/mol. The van der Waals surface area contributed by atoms with Crippen molar-refractivity contribution in [2.24, 2.45) is 11.1 Å². The summed E-state index contributed by atoms with van der Waals surface area (Å²) in [4.78, 5) is 12.1. The Kier molecular flexibility index (Phi) is 6.36. The van der Waals surface area contributed by atoms with Crippen LogP contribution in [-0.2, 0) is 14.8 Å². The normalized spacial score (nSPS) is 14.5. The van der Waals surface area contributed by atoms with Crippen LogP contribution in [-0.4, -0.2) is 14.3 Å². The maximum atomic E-state index is 12.0. The van der Waals surface area contributed by atoms with E-state index in [0.717, 1.165) is 24.8 Å². The van der Waals surface area contributed by atoms with Gasteiger partial charge in [0.2, 0.25) is 15.9 Å². The van der Waals surface area contributed by atoms with Crippen molar-refractivity contribution in [3.63, 3.8) is 0 Å². The van der Waals surface area contributed by atoms with Crippen molar-refractivity contribution in [2.75, 3.05) is 0 Å². The Labute approximate surface area is 127 Å². The molecule has 0 spiro atoms. The van der Waals surface area contributed by atoms with E-state index in [-0.39, 0.29) is 22.8 Å². The van der Waals surface area contributed by atoms with Gasteiger partial charge in [-0.15, -0.1) is 0 Å². The number of sulfonamides is 1. The molecule has 118 valence electrons. The van der Waals surface area contributed by atoms with E-state index in [1.807, 2.05) is 13.8 Å². The average molecular weight is 312 g/mol. The van der Waals surface area contributed by atoms with Gasteiger partial charge in [-0.2, -0.15) is 0 Å². The van der Waals surface area contributed by atoms with E-state index in [1.54, 1.807) is 12.1 Å². The average Bonchev–Trinajstić information content (AvgIpc) is 2.43. The molecule has 0 aliphatic rings. The second kappa shape index (κ2) is 7.56. The van der Waals surface area contributed by atoms with E-state index in [9.17, 15) is 13.2 Å². The van der Waals surface area contributed by atoms with E-state index in [4.69, 9.17) is 5.14 Å². The number of carbonyl (C=O) groups excluding carboxylic acids is 1. The lowest BCUT2D eigenvalue weighted by Crippen LogP contribution is -2.31. The van der Waals surface area contributed by atoms with Gasteiger partial charge >= 0.3 is 0 Å². The molecule has 1 rings (SSSR count). The Morgan fingerprint density at radius 1 is 1.24 bits per heavy atom. The van der Waals surface area contributed by atoms with Crippen LogP contribution >= 0.6 is 0 Å². The Hall–Kier alpha value is -1.40.